The third kappa shape index (κ3) is 10.9. The van der Waals surface area contributed by atoms with Crippen LogP contribution in [0.4, 0.5) is 10.1 Å². The molecule has 1 aliphatic rings. The largest absolute Gasteiger partial charge is 0.479 e. The molecule has 1 aliphatic heterocycles. The summed E-state index contributed by atoms with van der Waals surface area (Å²) in [4.78, 5) is 59.1. The number of pyridine rings is 3. The van der Waals surface area contributed by atoms with E-state index in [0.717, 1.165) is 5.56 Å². The molecule has 0 radical (unpaired) electrons. The number of aryl methyl sites for hydroxylation is 1. The van der Waals surface area contributed by atoms with Crippen LogP contribution < -0.4 is 20.5 Å². The molecular formula is C28H26Cl5FN6O9. The Hall–Kier alpha value is -4.22. The van der Waals surface area contributed by atoms with E-state index in [1.165, 1.54) is 12.1 Å². The van der Waals surface area contributed by atoms with Crippen LogP contribution in [0.1, 0.15) is 42.4 Å². The molecule has 0 bridgehead atoms. The lowest BCUT2D eigenvalue weighted by molar-refractivity contribution is -0.140. The number of anilines is 1. The molecule has 1 atom stereocenters. The third-order valence-electron chi connectivity index (χ3n) is 6.20. The average Bonchev–Trinajstić information content (AvgIpc) is 3.33. The Morgan fingerprint density at radius 3 is 2.04 bits per heavy atom. The number of carbonyl (C=O) groups excluding carboxylic acids is 1. The lowest BCUT2D eigenvalue weighted by atomic mass is 9.89. The summed E-state index contributed by atoms with van der Waals surface area (Å²) >= 11 is 27.8. The van der Waals surface area contributed by atoms with Gasteiger partial charge in [-0.3, -0.25) is 9.78 Å². The van der Waals surface area contributed by atoms with Crippen LogP contribution in [0.25, 0.3) is 0 Å². The number of hydrogen-bond donors (Lipinski definition) is 5. The lowest BCUT2D eigenvalue weighted by Crippen LogP contribution is -2.41. The number of nitrogens with zero attached hydrogens (tertiary/aromatic N) is 4. The first kappa shape index (κ1) is 41.0. The molecule has 0 aliphatic carbocycles. The topological polar surface area (TPSA) is 237 Å². The SMILES string of the molecule is Cc1cnc(C2=NC(C)(C(C)C)C(=O)N2)c(C(=O)O)c1.Nc1c(Cl)c(F)nc(OCC(=O)O)c1Cl.O=C(O)COc1nc(Cl)c(Cl)cc1Cl. The summed E-state index contributed by atoms with van der Waals surface area (Å²) < 4.78 is 22.3. The van der Waals surface area contributed by atoms with Gasteiger partial charge in [0, 0.05) is 6.20 Å². The molecule has 15 nitrogen and oxygen atoms in total. The predicted molar refractivity (Wildman–Crippen MR) is 178 cm³/mol. The van der Waals surface area contributed by atoms with Crippen LogP contribution in [0.15, 0.2) is 23.3 Å². The molecule has 49 heavy (non-hydrogen) atoms. The van der Waals surface area contributed by atoms with Gasteiger partial charge in [-0.25, -0.2) is 19.4 Å². The van der Waals surface area contributed by atoms with Crippen LogP contribution in [0.2, 0.25) is 25.2 Å². The number of rotatable bonds is 9. The molecule has 6 N–H and O–H groups in total. The highest BCUT2D eigenvalue weighted by Gasteiger charge is 2.43. The van der Waals surface area contributed by atoms with Gasteiger partial charge in [0.2, 0.25) is 17.7 Å². The Kier molecular flexibility index (Phi) is 14.6. The highest BCUT2D eigenvalue weighted by Crippen LogP contribution is 2.35. The zero-order valence-corrected chi connectivity index (χ0v) is 29.4. The van der Waals surface area contributed by atoms with Crippen LogP contribution in [0, 0.1) is 18.8 Å². The van der Waals surface area contributed by atoms with Crippen LogP contribution >= 0.6 is 58.0 Å². The second-order valence-corrected chi connectivity index (χ2v) is 12.0. The Morgan fingerprint density at radius 1 is 0.959 bits per heavy atom. The van der Waals surface area contributed by atoms with Crippen LogP contribution in [0.3, 0.4) is 0 Å². The van der Waals surface area contributed by atoms with E-state index in [9.17, 15) is 28.7 Å². The molecule has 21 heteroatoms. The molecule has 4 heterocycles. The summed E-state index contributed by atoms with van der Waals surface area (Å²) in [6.07, 6.45) is 1.56. The molecule has 4 rings (SSSR count). The fraction of sp³-hybridized carbons (Fsp3) is 0.286. The van der Waals surface area contributed by atoms with Crippen molar-refractivity contribution in [3.63, 3.8) is 0 Å². The van der Waals surface area contributed by atoms with Crippen molar-refractivity contribution in [3.8, 4) is 11.8 Å². The Labute approximate surface area is 302 Å². The molecule has 3 aromatic rings. The van der Waals surface area contributed by atoms with Gasteiger partial charge in [0.05, 0.1) is 16.3 Å². The summed E-state index contributed by atoms with van der Waals surface area (Å²) in [6.45, 7) is 6.04. The van der Waals surface area contributed by atoms with Crippen molar-refractivity contribution in [1.82, 2.24) is 20.3 Å². The smallest absolute Gasteiger partial charge is 0.341 e. The number of nitrogens with one attached hydrogen (secondary N) is 1. The normalized spacial score (nSPS) is 14.8. The Morgan fingerprint density at radius 2 is 1.53 bits per heavy atom. The highest BCUT2D eigenvalue weighted by atomic mass is 35.5. The van der Waals surface area contributed by atoms with Crippen molar-refractivity contribution in [3.05, 3.63) is 66.3 Å². The molecule has 3 aromatic heterocycles. The quantitative estimate of drug-likeness (QED) is 0.170. The second-order valence-electron chi connectivity index (χ2n) is 10.1. The van der Waals surface area contributed by atoms with E-state index < -0.39 is 53.5 Å². The fourth-order valence-electron chi connectivity index (χ4n) is 3.36. The first-order valence-corrected chi connectivity index (χ1v) is 15.2. The van der Waals surface area contributed by atoms with Gasteiger partial charge in [-0.2, -0.15) is 14.4 Å². The van der Waals surface area contributed by atoms with Gasteiger partial charge in [0.1, 0.15) is 26.3 Å². The van der Waals surface area contributed by atoms with Crippen LogP contribution in [-0.4, -0.2) is 78.7 Å². The van der Waals surface area contributed by atoms with E-state index in [1.807, 2.05) is 13.8 Å². The standard InChI is InChI=1S/C14H17N3O3.C7H4Cl3NO3.C7H5Cl2FN2O3/c1-7(2)14(4)13(20)16-11(17-14)10-9(12(18)19)5-8(3)6-15-10;8-3-1-4(9)7(11-6(3)10)14-2-5(12)13;8-3-5(11)4(9)7(12-6(3)10)15-1-2(13)14/h5-7H,1-4H3,(H,18,19)(H,16,17,20);1H,2H2,(H,12,13);1H2,(H2,11,12)(H,13,14). The van der Waals surface area contributed by atoms with E-state index in [4.69, 9.17) is 78.7 Å². The summed E-state index contributed by atoms with van der Waals surface area (Å²) in [5, 5.41) is 28.2. The third-order valence-corrected chi connectivity index (χ3v) is 7.87. The number of aromatic carboxylic acids is 1. The predicted octanol–water partition coefficient (Wildman–Crippen LogP) is 5.46. The number of amidine groups is 1. The van der Waals surface area contributed by atoms with E-state index in [0.29, 0.717) is 0 Å². The minimum atomic E-state index is -1.25. The molecule has 0 fully saturated rings. The fourth-order valence-corrected chi connectivity index (χ4v) is 4.29. The van der Waals surface area contributed by atoms with Crippen LogP contribution in [0.5, 0.6) is 11.8 Å². The van der Waals surface area contributed by atoms with Gasteiger partial charge in [0.25, 0.3) is 5.91 Å². The summed E-state index contributed by atoms with van der Waals surface area (Å²) in [7, 11) is 0. The van der Waals surface area contributed by atoms with Gasteiger partial charge >= 0.3 is 17.9 Å². The number of carboxylic acids is 3. The number of aliphatic imine (C=N–C) groups is 1. The van der Waals surface area contributed by atoms with Crippen molar-refractivity contribution in [2.75, 3.05) is 18.9 Å². The van der Waals surface area contributed by atoms with E-state index in [-0.39, 0.29) is 60.7 Å². The maximum Gasteiger partial charge on any atom is 0.341 e. The van der Waals surface area contributed by atoms with Crippen molar-refractivity contribution in [1.29, 1.82) is 0 Å². The summed E-state index contributed by atoms with van der Waals surface area (Å²) in [6, 6.07) is 2.85. The van der Waals surface area contributed by atoms with Gasteiger partial charge in [0.15, 0.2) is 24.2 Å². The molecule has 0 spiro atoms. The summed E-state index contributed by atoms with van der Waals surface area (Å²) in [5.41, 5.74) is 5.16. The van der Waals surface area contributed by atoms with Gasteiger partial charge < -0.3 is 35.8 Å². The maximum atomic E-state index is 12.9. The van der Waals surface area contributed by atoms with E-state index in [2.05, 4.69) is 30.0 Å². The lowest BCUT2D eigenvalue weighted by Gasteiger charge is -2.21. The monoisotopic (exact) mass is 784 g/mol. The molecule has 264 valence electrons. The van der Waals surface area contributed by atoms with Gasteiger partial charge in [-0.1, -0.05) is 71.9 Å². The number of hydrogen-bond acceptors (Lipinski definition) is 11. The maximum absolute atomic E-state index is 12.9. The Balaban J connectivity index is 0.000000261. The second kappa shape index (κ2) is 17.4. The zero-order valence-electron chi connectivity index (χ0n) is 25.6. The molecule has 1 unspecified atom stereocenters. The van der Waals surface area contributed by atoms with E-state index in [1.54, 1.807) is 20.0 Å². The van der Waals surface area contributed by atoms with Crippen molar-refractivity contribution in [2.24, 2.45) is 10.9 Å². The zero-order chi connectivity index (χ0) is 37.4. The number of ether oxygens (including phenoxy) is 2. The number of nitrogens with two attached hydrogens (primary N) is 1. The van der Waals surface area contributed by atoms with Crippen LogP contribution in [-0.2, 0) is 14.4 Å². The first-order valence-electron chi connectivity index (χ1n) is 13.3. The van der Waals surface area contributed by atoms with Crippen molar-refractivity contribution in [2.45, 2.75) is 33.2 Å². The number of carbonyl (C=O) groups is 4. The molecule has 0 aromatic carbocycles. The summed E-state index contributed by atoms with van der Waals surface area (Å²) in [5.74, 6) is -5.01. The van der Waals surface area contributed by atoms with E-state index >= 15 is 0 Å². The average molecular weight is 787 g/mol. The first-order chi connectivity index (χ1) is 22.7. The molecule has 0 saturated carbocycles. The van der Waals surface area contributed by atoms with Gasteiger partial charge in [-0.05, 0) is 37.5 Å². The highest BCUT2D eigenvalue weighted by molar-refractivity contribution is 6.42. The molecular weight excluding hydrogens is 761 g/mol. The number of halogens is 6. The number of amides is 1. The number of nitrogen functional groups attached to an aromatic ring is 1. The molecule has 0 saturated heterocycles. The number of carboxylic acid groups (broad SMARTS) is 3. The number of aromatic nitrogens is 3. The molecule has 1 amide bonds. The van der Waals surface area contributed by atoms with Crippen molar-refractivity contribution >= 4 is 93.3 Å². The minimum absolute atomic E-state index is 0.00118. The van der Waals surface area contributed by atoms with Gasteiger partial charge in [-0.15, -0.1) is 0 Å². The number of aliphatic carboxylic acids is 2. The Bertz CT molecular complexity index is 1820. The minimum Gasteiger partial charge on any atom is -0.479 e. The van der Waals surface area contributed by atoms with Crippen molar-refractivity contribution < 1.29 is 48.4 Å².